The molecule has 0 unspecified atom stereocenters. The minimum atomic E-state index is -0.759. The molecule has 6 nitrogen and oxygen atoms in total. The van der Waals surface area contributed by atoms with Crippen molar-refractivity contribution in [1.29, 1.82) is 0 Å². The van der Waals surface area contributed by atoms with Gasteiger partial charge in [-0.25, -0.2) is 0 Å². The number of hydrogen-bond donors (Lipinski definition) is 3. The highest BCUT2D eigenvalue weighted by atomic mass is 16.3. The Labute approximate surface area is 143 Å². The molecule has 1 fully saturated rings. The van der Waals surface area contributed by atoms with Crippen molar-refractivity contribution in [2.75, 3.05) is 5.32 Å². The van der Waals surface area contributed by atoms with E-state index in [0.717, 1.165) is 5.56 Å². The van der Waals surface area contributed by atoms with E-state index in [1.807, 2.05) is 34.6 Å². The van der Waals surface area contributed by atoms with Crippen molar-refractivity contribution in [2.24, 2.45) is 5.73 Å². The quantitative estimate of drug-likeness (QED) is 0.542. The van der Waals surface area contributed by atoms with Crippen molar-refractivity contribution in [3.05, 3.63) is 23.8 Å². The molecule has 1 aromatic carbocycles. The van der Waals surface area contributed by atoms with Gasteiger partial charge in [-0.05, 0) is 65.2 Å². The van der Waals surface area contributed by atoms with Crippen LogP contribution in [0.3, 0.4) is 0 Å². The highest BCUT2D eigenvalue weighted by Gasteiger charge is 2.48. The number of amides is 2. The molecule has 0 bridgehead atoms. The molecule has 0 aromatic heterocycles. The van der Waals surface area contributed by atoms with Gasteiger partial charge in [0.05, 0.1) is 5.69 Å². The van der Waals surface area contributed by atoms with Crippen molar-refractivity contribution in [1.82, 2.24) is 4.90 Å². The van der Waals surface area contributed by atoms with Crippen LogP contribution in [0.15, 0.2) is 18.2 Å². The second-order valence-electron chi connectivity index (χ2n) is 7.91. The van der Waals surface area contributed by atoms with E-state index in [1.165, 1.54) is 6.07 Å². The van der Waals surface area contributed by atoms with Crippen LogP contribution in [0.2, 0.25) is 0 Å². The maximum atomic E-state index is 12.8. The summed E-state index contributed by atoms with van der Waals surface area (Å²) >= 11 is 0. The summed E-state index contributed by atoms with van der Waals surface area (Å²) in [7, 11) is 0. The lowest BCUT2D eigenvalue weighted by molar-refractivity contribution is -0.156. The Kier molecular flexibility index (Phi) is 4.63. The standard InChI is InChI=1S/C18H27N3O3/c1-11-6-7-13(14(22)8-11)20-15(23)16(24)21-17(2,3)9-12(19)10-18(21,4)5/h6-8,12,22H,9-10,19H2,1-5H3,(H,20,23). The van der Waals surface area contributed by atoms with Gasteiger partial charge in [0.1, 0.15) is 5.75 Å². The minimum absolute atomic E-state index is 0.0109. The van der Waals surface area contributed by atoms with E-state index in [-0.39, 0.29) is 17.5 Å². The number of carbonyl (C=O) groups excluding carboxylic acids is 2. The van der Waals surface area contributed by atoms with Gasteiger partial charge in [0.25, 0.3) is 0 Å². The summed E-state index contributed by atoms with van der Waals surface area (Å²) in [5.41, 5.74) is 6.15. The van der Waals surface area contributed by atoms with Crippen LogP contribution in [0.5, 0.6) is 5.75 Å². The van der Waals surface area contributed by atoms with Gasteiger partial charge in [-0.15, -0.1) is 0 Å². The number of hydrogen-bond acceptors (Lipinski definition) is 4. The van der Waals surface area contributed by atoms with Gasteiger partial charge >= 0.3 is 11.8 Å². The molecule has 1 aliphatic heterocycles. The number of phenols is 1. The lowest BCUT2D eigenvalue weighted by Gasteiger charge is -2.54. The van der Waals surface area contributed by atoms with Crippen LogP contribution in [0.25, 0.3) is 0 Å². The second kappa shape index (κ2) is 6.09. The lowest BCUT2D eigenvalue weighted by Crippen LogP contribution is -2.66. The smallest absolute Gasteiger partial charge is 0.314 e. The molecular weight excluding hydrogens is 306 g/mol. The molecular formula is C18H27N3O3. The zero-order valence-corrected chi connectivity index (χ0v) is 15.0. The molecule has 6 heteroatoms. The molecule has 132 valence electrons. The Hall–Kier alpha value is -2.08. The molecule has 0 aliphatic carbocycles. The first-order chi connectivity index (χ1) is 10.9. The molecule has 0 radical (unpaired) electrons. The van der Waals surface area contributed by atoms with Gasteiger partial charge in [-0.1, -0.05) is 6.07 Å². The van der Waals surface area contributed by atoms with Gasteiger partial charge in [0.15, 0.2) is 0 Å². The maximum Gasteiger partial charge on any atom is 0.314 e. The minimum Gasteiger partial charge on any atom is -0.506 e. The molecule has 24 heavy (non-hydrogen) atoms. The number of nitrogens with two attached hydrogens (primary N) is 1. The van der Waals surface area contributed by atoms with Gasteiger partial charge in [-0.2, -0.15) is 0 Å². The van der Waals surface area contributed by atoms with Crippen LogP contribution >= 0.6 is 0 Å². The molecule has 2 amide bonds. The van der Waals surface area contributed by atoms with E-state index in [9.17, 15) is 14.7 Å². The van der Waals surface area contributed by atoms with Crippen LogP contribution < -0.4 is 11.1 Å². The first-order valence-electron chi connectivity index (χ1n) is 8.15. The summed E-state index contributed by atoms with van der Waals surface area (Å²) in [6.45, 7) is 9.51. The number of aryl methyl sites for hydroxylation is 1. The third kappa shape index (κ3) is 3.53. The third-order valence-electron chi connectivity index (χ3n) is 4.53. The fraction of sp³-hybridized carbons (Fsp3) is 0.556. The predicted octanol–water partition coefficient (Wildman–Crippen LogP) is 2.15. The summed E-state index contributed by atoms with van der Waals surface area (Å²) in [4.78, 5) is 26.9. The number of phenolic OH excluding ortho intramolecular Hbond substituents is 1. The average Bonchev–Trinajstić information content (AvgIpc) is 2.38. The van der Waals surface area contributed by atoms with E-state index in [2.05, 4.69) is 5.32 Å². The molecule has 1 saturated heterocycles. The summed E-state index contributed by atoms with van der Waals surface area (Å²) in [6.07, 6.45) is 1.26. The largest absolute Gasteiger partial charge is 0.506 e. The highest BCUT2D eigenvalue weighted by Crippen LogP contribution is 2.38. The maximum absolute atomic E-state index is 12.8. The summed E-state index contributed by atoms with van der Waals surface area (Å²) < 4.78 is 0. The van der Waals surface area contributed by atoms with E-state index < -0.39 is 22.9 Å². The Balaban J connectivity index is 2.24. The van der Waals surface area contributed by atoms with Crippen LogP contribution in [-0.4, -0.2) is 38.9 Å². The number of rotatable bonds is 1. The zero-order chi connectivity index (χ0) is 18.3. The second-order valence-corrected chi connectivity index (χ2v) is 7.91. The topological polar surface area (TPSA) is 95.7 Å². The number of piperidine rings is 1. The Morgan fingerprint density at radius 1 is 1.21 bits per heavy atom. The van der Waals surface area contributed by atoms with Crippen LogP contribution in [0.4, 0.5) is 5.69 Å². The molecule has 4 N–H and O–H groups in total. The van der Waals surface area contributed by atoms with Crippen molar-refractivity contribution in [3.63, 3.8) is 0 Å². The summed E-state index contributed by atoms with van der Waals surface area (Å²) in [5.74, 6) is -1.43. The number of benzene rings is 1. The Morgan fingerprint density at radius 2 is 1.75 bits per heavy atom. The molecule has 1 heterocycles. The van der Waals surface area contributed by atoms with Crippen LogP contribution in [-0.2, 0) is 9.59 Å². The number of nitrogens with zero attached hydrogens (tertiary/aromatic N) is 1. The summed E-state index contributed by atoms with van der Waals surface area (Å²) in [5, 5.41) is 12.4. The van der Waals surface area contributed by atoms with E-state index in [4.69, 9.17) is 5.73 Å². The van der Waals surface area contributed by atoms with Crippen LogP contribution in [0, 0.1) is 6.92 Å². The fourth-order valence-electron chi connectivity index (χ4n) is 3.93. The molecule has 0 saturated carbocycles. The first-order valence-corrected chi connectivity index (χ1v) is 8.15. The van der Waals surface area contributed by atoms with E-state index >= 15 is 0 Å². The van der Waals surface area contributed by atoms with Crippen LogP contribution in [0.1, 0.15) is 46.1 Å². The predicted molar refractivity (Wildman–Crippen MR) is 93.7 cm³/mol. The molecule has 2 rings (SSSR count). The van der Waals surface area contributed by atoms with Crippen molar-refractivity contribution < 1.29 is 14.7 Å². The number of carbonyl (C=O) groups is 2. The van der Waals surface area contributed by atoms with E-state index in [1.54, 1.807) is 17.0 Å². The summed E-state index contributed by atoms with van der Waals surface area (Å²) in [6, 6.07) is 4.86. The fourth-order valence-corrected chi connectivity index (χ4v) is 3.93. The van der Waals surface area contributed by atoms with Gasteiger partial charge in [-0.3, -0.25) is 9.59 Å². The first kappa shape index (κ1) is 18.3. The van der Waals surface area contributed by atoms with Gasteiger partial charge in [0.2, 0.25) is 0 Å². The van der Waals surface area contributed by atoms with Crippen molar-refractivity contribution in [3.8, 4) is 5.75 Å². The normalized spacial score (nSPS) is 19.8. The Morgan fingerprint density at radius 3 is 2.25 bits per heavy atom. The van der Waals surface area contributed by atoms with E-state index in [0.29, 0.717) is 12.8 Å². The molecule has 1 aliphatic rings. The molecule has 0 spiro atoms. The number of nitrogens with one attached hydrogen (secondary N) is 1. The number of likely N-dealkylation sites (tertiary alicyclic amines) is 1. The Bertz CT molecular complexity index is 649. The zero-order valence-electron chi connectivity index (χ0n) is 15.0. The van der Waals surface area contributed by atoms with Crippen molar-refractivity contribution in [2.45, 2.75) is 64.6 Å². The highest BCUT2D eigenvalue weighted by molar-refractivity contribution is 6.40. The molecule has 0 atom stereocenters. The third-order valence-corrected chi connectivity index (χ3v) is 4.53. The van der Waals surface area contributed by atoms with Gasteiger partial charge < -0.3 is 21.1 Å². The van der Waals surface area contributed by atoms with Gasteiger partial charge in [0, 0.05) is 17.1 Å². The SMILES string of the molecule is Cc1ccc(NC(=O)C(=O)N2C(C)(C)CC(N)CC2(C)C)c(O)c1. The average molecular weight is 333 g/mol. The van der Waals surface area contributed by atoms with Crippen molar-refractivity contribution >= 4 is 17.5 Å². The monoisotopic (exact) mass is 333 g/mol. The number of anilines is 1. The molecule has 1 aromatic rings. The lowest BCUT2D eigenvalue weighted by atomic mass is 9.77. The number of aromatic hydroxyl groups is 1.